The minimum Gasteiger partial charge on any atom is -0.393 e. The summed E-state index contributed by atoms with van der Waals surface area (Å²) < 4.78 is 19.9. The zero-order valence-corrected chi connectivity index (χ0v) is 12.9. The number of rotatable bonds is 2. The van der Waals surface area contributed by atoms with E-state index in [1.807, 2.05) is 0 Å². The molecule has 0 unspecified atom stereocenters. The van der Waals surface area contributed by atoms with Crippen molar-refractivity contribution in [3.8, 4) is 0 Å². The summed E-state index contributed by atoms with van der Waals surface area (Å²) >= 11 is 0. The highest BCUT2D eigenvalue weighted by Crippen LogP contribution is 2.36. The molecule has 0 saturated carbocycles. The highest BCUT2D eigenvalue weighted by Gasteiger charge is 2.38. The van der Waals surface area contributed by atoms with Crippen molar-refractivity contribution in [1.29, 1.82) is 0 Å². The summed E-state index contributed by atoms with van der Waals surface area (Å²) in [5.41, 5.74) is 0.612. The number of aromatic nitrogens is 2. The molecule has 1 aromatic heterocycles. The fourth-order valence-electron chi connectivity index (χ4n) is 3.89. The normalized spacial score (nSPS) is 28.4. The predicted octanol–water partition coefficient (Wildman–Crippen LogP) is 2.14. The highest BCUT2D eigenvalue weighted by atomic mass is 19.1. The maximum atomic E-state index is 14.4. The van der Waals surface area contributed by atoms with Gasteiger partial charge in [0.2, 0.25) is 0 Å². The van der Waals surface area contributed by atoms with E-state index in [-0.39, 0.29) is 23.9 Å². The number of hydrogen-bond acceptors (Lipinski definition) is 5. The minimum atomic E-state index is -0.368. The number of aliphatic hydroxyl groups excluding tert-OH is 1. The van der Waals surface area contributed by atoms with E-state index in [1.54, 1.807) is 12.1 Å². The summed E-state index contributed by atoms with van der Waals surface area (Å²) in [4.78, 5) is 10.7. The van der Waals surface area contributed by atoms with Crippen molar-refractivity contribution < 1.29 is 14.2 Å². The molecule has 0 bridgehead atoms. The van der Waals surface area contributed by atoms with Crippen LogP contribution in [0.15, 0.2) is 24.5 Å². The van der Waals surface area contributed by atoms with Crippen molar-refractivity contribution >= 4 is 16.7 Å². The van der Waals surface area contributed by atoms with E-state index in [0.29, 0.717) is 36.4 Å². The number of benzene rings is 1. The first kappa shape index (κ1) is 14.8. The van der Waals surface area contributed by atoms with Gasteiger partial charge in [-0.3, -0.25) is 0 Å². The quantitative estimate of drug-likeness (QED) is 0.919. The van der Waals surface area contributed by atoms with E-state index >= 15 is 0 Å². The summed E-state index contributed by atoms with van der Waals surface area (Å²) in [6.07, 6.45) is 3.75. The second kappa shape index (κ2) is 6.02. The van der Waals surface area contributed by atoms with Crippen LogP contribution in [0.2, 0.25) is 0 Å². The maximum absolute atomic E-state index is 14.4. The van der Waals surface area contributed by atoms with Crippen molar-refractivity contribution in [2.75, 3.05) is 24.7 Å². The Bertz CT molecular complexity index is 706. The molecule has 2 aliphatic rings. The van der Waals surface area contributed by atoms with Crippen molar-refractivity contribution in [3.05, 3.63) is 30.3 Å². The molecule has 0 radical (unpaired) electrons. The van der Waals surface area contributed by atoms with Crippen LogP contribution in [-0.4, -0.2) is 47.0 Å². The van der Waals surface area contributed by atoms with E-state index in [0.717, 1.165) is 19.4 Å². The molecule has 5 nitrogen and oxygen atoms in total. The average Bonchev–Trinajstić information content (AvgIpc) is 3.04. The molecule has 0 aliphatic carbocycles. The first-order chi connectivity index (χ1) is 11.3. The summed E-state index contributed by atoms with van der Waals surface area (Å²) in [6, 6.07) is 5.03. The van der Waals surface area contributed by atoms with Crippen LogP contribution in [0.25, 0.3) is 10.9 Å². The summed E-state index contributed by atoms with van der Waals surface area (Å²) in [5.74, 6) is 0.376. The largest absolute Gasteiger partial charge is 0.393 e. The Kier molecular flexibility index (Phi) is 3.87. The number of nitrogens with zero attached hydrogens (tertiary/aromatic N) is 3. The molecule has 0 amide bonds. The number of aliphatic hydroxyl groups is 1. The topological polar surface area (TPSA) is 58.5 Å². The van der Waals surface area contributed by atoms with Crippen molar-refractivity contribution in [2.45, 2.75) is 31.4 Å². The number of fused-ring (bicyclic) bond motifs is 1. The van der Waals surface area contributed by atoms with E-state index in [4.69, 9.17) is 4.74 Å². The summed E-state index contributed by atoms with van der Waals surface area (Å²) in [6.45, 7) is 1.97. The Morgan fingerprint density at radius 2 is 2.17 bits per heavy atom. The molecule has 2 aromatic rings. The molecule has 2 fully saturated rings. The number of anilines is 1. The van der Waals surface area contributed by atoms with Gasteiger partial charge < -0.3 is 14.7 Å². The van der Waals surface area contributed by atoms with Crippen LogP contribution in [0.3, 0.4) is 0 Å². The lowest BCUT2D eigenvalue weighted by Gasteiger charge is -2.37. The van der Waals surface area contributed by atoms with Crippen LogP contribution >= 0.6 is 0 Å². The zero-order valence-electron chi connectivity index (χ0n) is 12.9. The molecule has 2 saturated heterocycles. The van der Waals surface area contributed by atoms with Gasteiger partial charge in [-0.1, -0.05) is 6.07 Å². The minimum absolute atomic E-state index is 0.0445. The number of halogens is 1. The molecule has 0 spiro atoms. The Morgan fingerprint density at radius 1 is 1.26 bits per heavy atom. The van der Waals surface area contributed by atoms with E-state index in [9.17, 15) is 9.50 Å². The van der Waals surface area contributed by atoms with Crippen LogP contribution in [-0.2, 0) is 4.74 Å². The Labute approximate surface area is 134 Å². The molecule has 3 heterocycles. The molecular weight excluding hydrogens is 297 g/mol. The standard InChI is InChI=1S/C17H20FN3O2/c18-12-3-1-4-13-16(12)17(20-10-19-13)21-7-2-5-14(21)11-9-23-8-6-15(11)22/h1,3-4,10-11,14-15,22H,2,5-9H2/t11-,14+,15+/m0/s1. The average molecular weight is 317 g/mol. The molecular formula is C17H20FN3O2. The lowest BCUT2D eigenvalue weighted by molar-refractivity contribution is -0.0438. The van der Waals surface area contributed by atoms with Gasteiger partial charge in [-0.2, -0.15) is 0 Å². The van der Waals surface area contributed by atoms with Gasteiger partial charge in [0.25, 0.3) is 0 Å². The fourth-order valence-corrected chi connectivity index (χ4v) is 3.89. The van der Waals surface area contributed by atoms with Crippen LogP contribution in [0, 0.1) is 11.7 Å². The van der Waals surface area contributed by atoms with Crippen LogP contribution in [0.4, 0.5) is 10.2 Å². The van der Waals surface area contributed by atoms with Gasteiger partial charge in [0.05, 0.1) is 23.6 Å². The monoisotopic (exact) mass is 317 g/mol. The SMILES string of the molecule is O[C@@H]1CCOC[C@H]1[C@H]1CCCN1c1ncnc2cccc(F)c12. The van der Waals surface area contributed by atoms with Gasteiger partial charge in [-0.05, 0) is 31.4 Å². The maximum Gasteiger partial charge on any atom is 0.143 e. The van der Waals surface area contributed by atoms with Gasteiger partial charge in [0.15, 0.2) is 0 Å². The molecule has 3 atom stereocenters. The molecule has 23 heavy (non-hydrogen) atoms. The van der Waals surface area contributed by atoms with E-state index < -0.39 is 0 Å². The van der Waals surface area contributed by atoms with Gasteiger partial charge in [-0.25, -0.2) is 14.4 Å². The smallest absolute Gasteiger partial charge is 0.143 e. The third kappa shape index (κ3) is 2.56. The lowest BCUT2D eigenvalue weighted by Crippen LogP contribution is -2.46. The Morgan fingerprint density at radius 3 is 3.04 bits per heavy atom. The van der Waals surface area contributed by atoms with Crippen molar-refractivity contribution in [1.82, 2.24) is 9.97 Å². The number of ether oxygens (including phenoxy) is 1. The lowest BCUT2D eigenvalue weighted by atomic mass is 9.89. The van der Waals surface area contributed by atoms with Gasteiger partial charge in [0, 0.05) is 25.1 Å². The first-order valence-electron chi connectivity index (χ1n) is 8.17. The van der Waals surface area contributed by atoms with Crippen LogP contribution in [0.5, 0.6) is 0 Å². The zero-order chi connectivity index (χ0) is 15.8. The van der Waals surface area contributed by atoms with Crippen LogP contribution in [0.1, 0.15) is 19.3 Å². The van der Waals surface area contributed by atoms with Gasteiger partial charge >= 0.3 is 0 Å². The summed E-state index contributed by atoms with van der Waals surface area (Å²) in [5, 5.41) is 10.8. The first-order valence-corrected chi connectivity index (χ1v) is 8.17. The third-order valence-corrected chi connectivity index (χ3v) is 5.02. The molecule has 4 rings (SSSR count). The molecule has 6 heteroatoms. The third-order valence-electron chi connectivity index (χ3n) is 5.02. The van der Waals surface area contributed by atoms with Crippen molar-refractivity contribution in [2.24, 2.45) is 5.92 Å². The van der Waals surface area contributed by atoms with E-state index in [1.165, 1.54) is 12.4 Å². The molecule has 1 N–H and O–H groups in total. The van der Waals surface area contributed by atoms with Gasteiger partial charge in [-0.15, -0.1) is 0 Å². The van der Waals surface area contributed by atoms with Crippen LogP contribution < -0.4 is 4.90 Å². The van der Waals surface area contributed by atoms with Crippen molar-refractivity contribution in [3.63, 3.8) is 0 Å². The predicted molar refractivity (Wildman–Crippen MR) is 84.8 cm³/mol. The second-order valence-corrected chi connectivity index (χ2v) is 6.33. The molecule has 1 aromatic carbocycles. The van der Waals surface area contributed by atoms with Gasteiger partial charge in [0.1, 0.15) is 18.0 Å². The van der Waals surface area contributed by atoms with E-state index in [2.05, 4.69) is 14.9 Å². The molecule has 2 aliphatic heterocycles. The fraction of sp³-hybridized carbons (Fsp3) is 0.529. The molecule has 122 valence electrons. The Hall–Kier alpha value is -1.79. The second-order valence-electron chi connectivity index (χ2n) is 6.33. The Balaban J connectivity index is 1.74. The highest BCUT2D eigenvalue weighted by molar-refractivity contribution is 5.90. The number of hydrogen-bond donors (Lipinski definition) is 1. The summed E-state index contributed by atoms with van der Waals surface area (Å²) in [7, 11) is 0.